The number of thiophene rings is 1. The number of aliphatic hydroxyl groups excluding tert-OH is 1. The minimum absolute atomic E-state index is 0.246. The molecule has 0 fully saturated rings. The van der Waals surface area contributed by atoms with E-state index in [4.69, 9.17) is 5.11 Å². The van der Waals surface area contributed by atoms with E-state index in [2.05, 4.69) is 36.1 Å². The first kappa shape index (κ1) is 14.2. The second kappa shape index (κ2) is 6.30. The molecule has 0 saturated carbocycles. The number of hydrogen-bond acceptors (Lipinski definition) is 5. The van der Waals surface area contributed by atoms with Gasteiger partial charge in [-0.05, 0) is 31.7 Å². The van der Waals surface area contributed by atoms with Crippen LogP contribution in [0.2, 0.25) is 0 Å². The van der Waals surface area contributed by atoms with Gasteiger partial charge >= 0.3 is 0 Å². The number of nitrogens with one attached hydrogen (secondary N) is 1. The fraction of sp³-hybridized carbons (Fsp3) is 0.571. The van der Waals surface area contributed by atoms with Crippen molar-refractivity contribution in [1.82, 2.24) is 9.97 Å². The van der Waals surface area contributed by atoms with Crippen molar-refractivity contribution in [3.63, 3.8) is 0 Å². The maximum atomic E-state index is 9.03. The molecule has 0 aromatic carbocycles. The van der Waals surface area contributed by atoms with Crippen LogP contribution in [-0.4, -0.2) is 28.2 Å². The highest BCUT2D eigenvalue weighted by Gasteiger charge is 2.13. The molecule has 0 spiro atoms. The van der Waals surface area contributed by atoms with E-state index in [9.17, 15) is 0 Å². The number of nitrogens with zero attached hydrogens (tertiary/aromatic N) is 2. The zero-order chi connectivity index (χ0) is 13.8. The minimum atomic E-state index is 0.246. The first-order chi connectivity index (χ1) is 9.17. The molecule has 1 atom stereocenters. The number of aryl methyl sites for hydroxylation is 2. The van der Waals surface area contributed by atoms with E-state index in [1.165, 1.54) is 10.4 Å². The Morgan fingerprint density at radius 1 is 1.37 bits per heavy atom. The van der Waals surface area contributed by atoms with Crippen molar-refractivity contribution < 1.29 is 5.11 Å². The van der Waals surface area contributed by atoms with E-state index in [1.807, 2.05) is 0 Å². The molecule has 19 heavy (non-hydrogen) atoms. The molecule has 0 saturated heterocycles. The second-order valence-corrected chi connectivity index (χ2v) is 6.06. The van der Waals surface area contributed by atoms with E-state index in [0.29, 0.717) is 5.92 Å². The van der Waals surface area contributed by atoms with E-state index < -0.39 is 0 Å². The Bertz CT molecular complexity index is 553. The summed E-state index contributed by atoms with van der Waals surface area (Å²) in [7, 11) is 0. The van der Waals surface area contributed by atoms with Gasteiger partial charge in [0.2, 0.25) is 0 Å². The highest BCUT2D eigenvalue weighted by atomic mass is 32.1. The minimum Gasteiger partial charge on any atom is -0.396 e. The summed E-state index contributed by atoms with van der Waals surface area (Å²) in [6.07, 6.45) is 3.51. The summed E-state index contributed by atoms with van der Waals surface area (Å²) in [6.45, 7) is 7.48. The Morgan fingerprint density at radius 3 is 2.84 bits per heavy atom. The smallest absolute Gasteiger partial charge is 0.138 e. The van der Waals surface area contributed by atoms with Crippen LogP contribution in [0.3, 0.4) is 0 Å². The summed E-state index contributed by atoms with van der Waals surface area (Å²) in [5.74, 6) is 1.40. The van der Waals surface area contributed by atoms with Crippen LogP contribution in [0.25, 0.3) is 10.2 Å². The van der Waals surface area contributed by atoms with Gasteiger partial charge in [-0.25, -0.2) is 9.97 Å². The SMILES string of the molecule is CCC(CCO)CNc1ncnc2sc(C)c(C)c12. The summed E-state index contributed by atoms with van der Waals surface area (Å²) in [4.78, 5) is 11.0. The van der Waals surface area contributed by atoms with Crippen LogP contribution in [0.5, 0.6) is 0 Å². The molecule has 104 valence electrons. The number of aliphatic hydroxyl groups is 1. The molecule has 2 heterocycles. The number of aromatic nitrogens is 2. The third kappa shape index (κ3) is 3.04. The molecule has 1 unspecified atom stereocenters. The highest BCUT2D eigenvalue weighted by molar-refractivity contribution is 7.18. The van der Waals surface area contributed by atoms with Crippen molar-refractivity contribution in [2.45, 2.75) is 33.6 Å². The number of anilines is 1. The van der Waals surface area contributed by atoms with E-state index in [1.54, 1.807) is 17.7 Å². The molecule has 0 amide bonds. The van der Waals surface area contributed by atoms with Crippen LogP contribution in [0.15, 0.2) is 6.33 Å². The lowest BCUT2D eigenvalue weighted by atomic mass is 10.0. The normalized spacial score (nSPS) is 12.8. The van der Waals surface area contributed by atoms with Crippen LogP contribution in [0.4, 0.5) is 5.82 Å². The van der Waals surface area contributed by atoms with Crippen LogP contribution < -0.4 is 5.32 Å². The molecular formula is C14H21N3OS. The van der Waals surface area contributed by atoms with Gasteiger partial charge in [0.25, 0.3) is 0 Å². The monoisotopic (exact) mass is 279 g/mol. The summed E-state index contributed by atoms with van der Waals surface area (Å²) < 4.78 is 0. The van der Waals surface area contributed by atoms with Gasteiger partial charge < -0.3 is 10.4 Å². The molecular weight excluding hydrogens is 258 g/mol. The highest BCUT2D eigenvalue weighted by Crippen LogP contribution is 2.32. The fourth-order valence-corrected chi connectivity index (χ4v) is 3.19. The Labute approximate surface area is 117 Å². The fourth-order valence-electron chi connectivity index (χ4n) is 2.19. The average molecular weight is 279 g/mol. The number of fused-ring (bicyclic) bond motifs is 1. The van der Waals surface area contributed by atoms with Crippen molar-refractivity contribution in [2.75, 3.05) is 18.5 Å². The molecule has 2 rings (SSSR count). The van der Waals surface area contributed by atoms with Crippen molar-refractivity contribution in [3.05, 3.63) is 16.8 Å². The van der Waals surface area contributed by atoms with Crippen LogP contribution >= 0.6 is 11.3 Å². The number of hydrogen-bond donors (Lipinski definition) is 2. The van der Waals surface area contributed by atoms with Gasteiger partial charge in [-0.3, -0.25) is 0 Å². The summed E-state index contributed by atoms with van der Waals surface area (Å²) in [5.41, 5.74) is 1.26. The lowest BCUT2D eigenvalue weighted by molar-refractivity contribution is 0.258. The van der Waals surface area contributed by atoms with E-state index in [-0.39, 0.29) is 6.61 Å². The van der Waals surface area contributed by atoms with Crippen molar-refractivity contribution in [2.24, 2.45) is 5.92 Å². The standard InChI is InChI=1S/C14H21N3OS/c1-4-11(5-6-18)7-15-13-12-9(2)10(3)19-14(12)17-8-16-13/h8,11,18H,4-7H2,1-3H3,(H,15,16,17). The van der Waals surface area contributed by atoms with E-state index in [0.717, 1.165) is 35.4 Å². The largest absolute Gasteiger partial charge is 0.396 e. The lowest BCUT2D eigenvalue weighted by Crippen LogP contribution is -2.15. The topological polar surface area (TPSA) is 58.0 Å². The molecule has 2 aromatic rings. The Balaban J connectivity index is 2.20. The first-order valence-electron chi connectivity index (χ1n) is 6.72. The summed E-state index contributed by atoms with van der Waals surface area (Å²) >= 11 is 1.71. The predicted octanol–water partition coefficient (Wildman–Crippen LogP) is 3.13. The number of rotatable bonds is 6. The van der Waals surface area contributed by atoms with Crippen molar-refractivity contribution in [3.8, 4) is 0 Å². The summed E-state index contributed by atoms with van der Waals surface area (Å²) in [6, 6.07) is 0. The van der Waals surface area contributed by atoms with Gasteiger partial charge in [-0.2, -0.15) is 0 Å². The third-order valence-corrected chi connectivity index (χ3v) is 4.75. The van der Waals surface area contributed by atoms with Crippen LogP contribution in [-0.2, 0) is 0 Å². The summed E-state index contributed by atoms with van der Waals surface area (Å²) in [5, 5.41) is 13.6. The van der Waals surface area contributed by atoms with E-state index >= 15 is 0 Å². The predicted molar refractivity (Wildman–Crippen MR) is 80.9 cm³/mol. The van der Waals surface area contributed by atoms with Gasteiger partial charge in [0, 0.05) is 18.0 Å². The quantitative estimate of drug-likeness (QED) is 0.853. The van der Waals surface area contributed by atoms with Gasteiger partial charge in [-0.15, -0.1) is 11.3 Å². The molecule has 0 aliphatic rings. The van der Waals surface area contributed by atoms with Gasteiger partial charge in [-0.1, -0.05) is 13.3 Å². The molecule has 2 aromatic heterocycles. The van der Waals surface area contributed by atoms with Crippen LogP contribution in [0.1, 0.15) is 30.2 Å². The molecule has 0 radical (unpaired) electrons. The molecule has 5 heteroatoms. The maximum Gasteiger partial charge on any atom is 0.138 e. The molecule has 2 N–H and O–H groups in total. The van der Waals surface area contributed by atoms with Gasteiger partial charge in [0.1, 0.15) is 17.0 Å². The van der Waals surface area contributed by atoms with Crippen molar-refractivity contribution in [1.29, 1.82) is 0 Å². The molecule has 4 nitrogen and oxygen atoms in total. The Hall–Kier alpha value is -1.20. The molecule has 0 aliphatic heterocycles. The third-order valence-electron chi connectivity index (χ3n) is 3.64. The van der Waals surface area contributed by atoms with Crippen LogP contribution in [0, 0.1) is 19.8 Å². The first-order valence-corrected chi connectivity index (χ1v) is 7.54. The van der Waals surface area contributed by atoms with Crippen molar-refractivity contribution >= 4 is 27.4 Å². The zero-order valence-corrected chi connectivity index (χ0v) is 12.5. The zero-order valence-electron chi connectivity index (χ0n) is 11.7. The molecule has 0 bridgehead atoms. The van der Waals surface area contributed by atoms with Gasteiger partial charge in [0.15, 0.2) is 0 Å². The maximum absolute atomic E-state index is 9.03. The van der Waals surface area contributed by atoms with Gasteiger partial charge in [0.05, 0.1) is 5.39 Å². The average Bonchev–Trinajstić information content (AvgIpc) is 2.71. The Kier molecular flexibility index (Phi) is 4.71. The molecule has 0 aliphatic carbocycles. The Morgan fingerprint density at radius 2 is 2.16 bits per heavy atom. The lowest BCUT2D eigenvalue weighted by Gasteiger charge is -2.15. The second-order valence-electron chi connectivity index (χ2n) is 4.85.